The molecule has 2 atom stereocenters. The molecule has 0 radical (unpaired) electrons. The lowest BCUT2D eigenvalue weighted by molar-refractivity contribution is -0.157. The van der Waals surface area contributed by atoms with E-state index in [0.29, 0.717) is 13.0 Å². The van der Waals surface area contributed by atoms with Crippen LogP contribution < -0.4 is 10.2 Å². The highest BCUT2D eigenvalue weighted by atomic mass is 32.2. The van der Waals surface area contributed by atoms with Crippen LogP contribution in [0.25, 0.3) is 0 Å². The first-order valence-corrected chi connectivity index (χ1v) is 9.97. The highest BCUT2D eigenvalue weighted by Crippen LogP contribution is 2.56. The summed E-state index contributed by atoms with van der Waals surface area (Å²) in [5, 5.41) is 2.77. The zero-order valence-electron chi connectivity index (χ0n) is 15.4. The number of nitrogens with zero attached hydrogens (tertiary/aromatic N) is 1. The standard InChI is InChI=1S/C21H20N2O4S/c1-14(19(25)22-13-15-7-3-2-4-8-15)27-20(26)21-12-11-18(24)23(21)16-9-5-6-10-17(16)28-21/h2-10,14H,11-13H2,1H3,(H,22,25)/t14-,21-/m0/s1. The molecule has 144 valence electrons. The Balaban J connectivity index is 1.44. The fourth-order valence-corrected chi connectivity index (χ4v) is 4.91. The number of ether oxygens (including phenoxy) is 1. The van der Waals surface area contributed by atoms with Crippen molar-refractivity contribution in [3.8, 4) is 0 Å². The molecule has 0 spiro atoms. The van der Waals surface area contributed by atoms with Crippen molar-refractivity contribution < 1.29 is 19.1 Å². The largest absolute Gasteiger partial charge is 0.450 e. The van der Waals surface area contributed by atoms with E-state index >= 15 is 0 Å². The molecule has 2 aliphatic rings. The van der Waals surface area contributed by atoms with E-state index < -0.39 is 16.9 Å². The van der Waals surface area contributed by atoms with Gasteiger partial charge in [-0.25, -0.2) is 4.79 Å². The van der Waals surface area contributed by atoms with Gasteiger partial charge in [0.2, 0.25) is 5.91 Å². The molecule has 1 saturated heterocycles. The van der Waals surface area contributed by atoms with Crippen LogP contribution in [0.15, 0.2) is 59.5 Å². The smallest absolute Gasteiger partial charge is 0.344 e. The van der Waals surface area contributed by atoms with E-state index in [-0.39, 0.29) is 18.2 Å². The minimum Gasteiger partial charge on any atom is -0.450 e. The lowest BCUT2D eigenvalue weighted by Gasteiger charge is -2.29. The average Bonchev–Trinajstić information content (AvgIpc) is 3.22. The summed E-state index contributed by atoms with van der Waals surface area (Å²) < 4.78 is 5.50. The number of hydrogen-bond acceptors (Lipinski definition) is 5. The van der Waals surface area contributed by atoms with Crippen molar-refractivity contribution in [2.24, 2.45) is 0 Å². The number of amides is 2. The van der Waals surface area contributed by atoms with Crippen LogP contribution in [0.2, 0.25) is 0 Å². The maximum Gasteiger partial charge on any atom is 0.344 e. The Morgan fingerprint density at radius 2 is 1.89 bits per heavy atom. The molecule has 7 heteroatoms. The molecule has 0 unspecified atom stereocenters. The minimum atomic E-state index is -1.12. The number of carbonyl (C=O) groups is 3. The first kappa shape index (κ1) is 18.6. The van der Waals surface area contributed by atoms with Gasteiger partial charge in [-0.15, -0.1) is 0 Å². The molecule has 2 aromatic carbocycles. The van der Waals surface area contributed by atoms with Crippen LogP contribution in [0.1, 0.15) is 25.3 Å². The number of para-hydroxylation sites is 1. The van der Waals surface area contributed by atoms with Gasteiger partial charge in [0, 0.05) is 24.3 Å². The fraction of sp³-hybridized carbons (Fsp3) is 0.286. The first-order valence-electron chi connectivity index (χ1n) is 9.15. The Bertz CT molecular complexity index is 933. The van der Waals surface area contributed by atoms with Gasteiger partial charge in [0.05, 0.1) is 5.69 Å². The quantitative estimate of drug-likeness (QED) is 0.787. The second-order valence-corrected chi connectivity index (χ2v) is 8.15. The lowest BCUT2D eigenvalue weighted by Crippen LogP contribution is -2.50. The van der Waals surface area contributed by atoms with Crippen molar-refractivity contribution in [2.45, 2.75) is 42.2 Å². The van der Waals surface area contributed by atoms with E-state index in [0.717, 1.165) is 16.1 Å². The monoisotopic (exact) mass is 396 g/mol. The molecule has 2 aliphatic heterocycles. The van der Waals surface area contributed by atoms with Gasteiger partial charge in [-0.3, -0.25) is 14.5 Å². The predicted molar refractivity (Wildman–Crippen MR) is 106 cm³/mol. The van der Waals surface area contributed by atoms with Gasteiger partial charge in [0.25, 0.3) is 5.91 Å². The highest BCUT2D eigenvalue weighted by molar-refractivity contribution is 8.02. The Morgan fingerprint density at radius 3 is 2.68 bits per heavy atom. The van der Waals surface area contributed by atoms with Crippen LogP contribution >= 0.6 is 11.8 Å². The average molecular weight is 396 g/mol. The molecule has 2 aromatic rings. The third-order valence-corrected chi connectivity index (χ3v) is 6.41. The van der Waals surface area contributed by atoms with Gasteiger partial charge in [-0.1, -0.05) is 54.2 Å². The number of esters is 1. The molecular weight excluding hydrogens is 376 g/mol. The summed E-state index contributed by atoms with van der Waals surface area (Å²) >= 11 is 1.33. The number of thioether (sulfide) groups is 1. The van der Waals surface area contributed by atoms with Crippen LogP contribution in [0, 0.1) is 0 Å². The molecule has 0 aliphatic carbocycles. The minimum absolute atomic E-state index is 0.101. The molecule has 1 fully saturated rings. The second kappa shape index (κ2) is 7.31. The molecule has 28 heavy (non-hydrogen) atoms. The van der Waals surface area contributed by atoms with Gasteiger partial charge in [0.15, 0.2) is 11.0 Å². The zero-order chi connectivity index (χ0) is 19.7. The number of benzene rings is 2. The van der Waals surface area contributed by atoms with E-state index in [1.807, 2.05) is 54.6 Å². The molecule has 2 heterocycles. The first-order chi connectivity index (χ1) is 13.5. The molecule has 4 rings (SSSR count). The summed E-state index contributed by atoms with van der Waals surface area (Å²) in [4.78, 5) is 39.1. The summed E-state index contributed by atoms with van der Waals surface area (Å²) in [5.41, 5.74) is 1.69. The van der Waals surface area contributed by atoms with Crippen molar-refractivity contribution in [3.63, 3.8) is 0 Å². The molecule has 0 aromatic heterocycles. The van der Waals surface area contributed by atoms with Crippen molar-refractivity contribution in [3.05, 3.63) is 60.2 Å². The molecule has 1 N–H and O–H groups in total. The number of nitrogens with one attached hydrogen (secondary N) is 1. The van der Waals surface area contributed by atoms with Gasteiger partial charge in [-0.05, 0) is 24.6 Å². The summed E-state index contributed by atoms with van der Waals surface area (Å²) in [7, 11) is 0. The van der Waals surface area contributed by atoms with Gasteiger partial charge < -0.3 is 10.1 Å². The SMILES string of the molecule is C[C@H](OC(=O)[C@@]12CCC(=O)N1c1ccccc1S2)C(=O)NCc1ccccc1. The summed E-state index contributed by atoms with van der Waals surface area (Å²) in [6.45, 7) is 1.90. The molecule has 0 saturated carbocycles. The van der Waals surface area contributed by atoms with Crippen LogP contribution in [0.5, 0.6) is 0 Å². The second-order valence-electron chi connectivity index (χ2n) is 6.83. The van der Waals surface area contributed by atoms with E-state index in [1.54, 1.807) is 6.92 Å². The lowest BCUT2D eigenvalue weighted by atomic mass is 10.2. The Hall–Kier alpha value is -2.80. The number of carbonyl (C=O) groups excluding carboxylic acids is 3. The van der Waals surface area contributed by atoms with Crippen molar-refractivity contribution in [1.29, 1.82) is 0 Å². The molecule has 6 nitrogen and oxygen atoms in total. The maximum absolute atomic E-state index is 13.0. The van der Waals surface area contributed by atoms with Crippen LogP contribution in [-0.4, -0.2) is 28.8 Å². The molecule has 0 bridgehead atoms. The molecular formula is C21H20N2O4S. The summed E-state index contributed by atoms with van der Waals surface area (Å²) in [5.74, 6) is -1.03. The van der Waals surface area contributed by atoms with Crippen molar-refractivity contribution >= 4 is 35.2 Å². The Labute approximate surface area is 167 Å². The van der Waals surface area contributed by atoms with Crippen LogP contribution in [0.3, 0.4) is 0 Å². The third-order valence-electron chi connectivity index (χ3n) is 4.95. The van der Waals surface area contributed by atoms with E-state index in [4.69, 9.17) is 4.74 Å². The van der Waals surface area contributed by atoms with Crippen molar-refractivity contribution in [2.75, 3.05) is 4.90 Å². The third kappa shape index (κ3) is 3.16. The number of fused-ring (bicyclic) bond motifs is 3. The highest BCUT2D eigenvalue weighted by Gasteiger charge is 2.58. The maximum atomic E-state index is 13.0. The molecule has 2 amide bonds. The predicted octanol–water partition coefficient (Wildman–Crippen LogP) is 2.86. The number of rotatable bonds is 5. The van der Waals surface area contributed by atoms with Gasteiger partial charge in [-0.2, -0.15) is 0 Å². The van der Waals surface area contributed by atoms with Crippen LogP contribution in [0.4, 0.5) is 5.69 Å². The normalized spacial score (nSPS) is 21.0. The summed E-state index contributed by atoms with van der Waals surface area (Å²) in [6, 6.07) is 16.9. The van der Waals surface area contributed by atoms with E-state index in [9.17, 15) is 14.4 Å². The van der Waals surface area contributed by atoms with E-state index in [1.165, 1.54) is 16.7 Å². The fourth-order valence-electron chi connectivity index (χ4n) is 3.51. The van der Waals surface area contributed by atoms with Gasteiger partial charge >= 0.3 is 5.97 Å². The summed E-state index contributed by atoms with van der Waals surface area (Å²) in [6.07, 6.45) is -0.305. The van der Waals surface area contributed by atoms with E-state index in [2.05, 4.69) is 5.32 Å². The number of anilines is 1. The van der Waals surface area contributed by atoms with Gasteiger partial charge in [0.1, 0.15) is 0 Å². The van der Waals surface area contributed by atoms with Crippen molar-refractivity contribution in [1.82, 2.24) is 5.32 Å². The topological polar surface area (TPSA) is 75.7 Å². The Morgan fingerprint density at radius 1 is 1.18 bits per heavy atom. The number of hydrogen-bond donors (Lipinski definition) is 1. The van der Waals surface area contributed by atoms with Crippen LogP contribution in [-0.2, 0) is 25.7 Å². The Kier molecular flexibility index (Phi) is 4.85. The zero-order valence-corrected chi connectivity index (χ0v) is 16.2.